The third-order valence-corrected chi connectivity index (χ3v) is 11.7. The third-order valence-electron chi connectivity index (χ3n) is 10.2. The lowest BCUT2D eigenvalue weighted by Crippen LogP contribution is -2.04. The van der Waals surface area contributed by atoms with Gasteiger partial charge in [0.05, 0.1) is 19.8 Å². The van der Waals surface area contributed by atoms with Crippen LogP contribution in [0, 0.1) is 0 Å². The molecule has 0 aliphatic carbocycles. The minimum atomic E-state index is -3.50. The van der Waals surface area contributed by atoms with Crippen LogP contribution in [0.2, 0.25) is 0 Å². The molecular weight excluding hydrogens is 671 g/mol. The maximum absolute atomic E-state index is 13.5. The van der Waals surface area contributed by atoms with Crippen LogP contribution in [0.1, 0.15) is 252 Å². The van der Waals surface area contributed by atoms with Crippen molar-refractivity contribution in [3.05, 3.63) is 36.5 Å². The first-order valence-corrected chi connectivity index (χ1v) is 25.1. The molecule has 0 amide bonds. The summed E-state index contributed by atoms with van der Waals surface area (Å²) in [5, 5.41) is 0. The maximum Gasteiger partial charge on any atom is 0.474 e. The quantitative estimate of drug-likeness (QED) is 0.0352. The smallest absolute Gasteiger partial charge is 0.287 e. The fourth-order valence-corrected chi connectivity index (χ4v) is 7.91. The standard InChI is InChI=1S/C48H93O4P/c1-4-7-10-13-16-19-22-25-28-31-34-37-40-43-46-50-53(49,51-47-44-41-38-35-32-29-26-23-20-17-14-11-8-5-2)52-48-45-42-39-36-33-30-27-24-21-18-15-12-9-6-3/h19-24H,4-18,25-48H2,1-3H3/b22-19-,23-20-,24-21-. The second-order valence-electron chi connectivity index (χ2n) is 15.6. The molecule has 5 heteroatoms. The summed E-state index contributed by atoms with van der Waals surface area (Å²) in [4.78, 5) is 0. The summed E-state index contributed by atoms with van der Waals surface area (Å²) < 4.78 is 31.1. The van der Waals surface area contributed by atoms with Crippen molar-refractivity contribution in [1.82, 2.24) is 0 Å². The van der Waals surface area contributed by atoms with Crippen molar-refractivity contribution in [2.75, 3.05) is 19.8 Å². The Bertz CT molecular complexity index is 718. The summed E-state index contributed by atoms with van der Waals surface area (Å²) in [7, 11) is -3.50. The van der Waals surface area contributed by atoms with E-state index in [-0.39, 0.29) is 0 Å². The SMILES string of the molecule is CCCCCC/C=C\CCCCCCCCOP(=O)(OCCCCCCCC/C=C\CCCCCC)OCCCCCCCC/C=C\CCCCCC. The van der Waals surface area contributed by atoms with Gasteiger partial charge in [-0.2, -0.15) is 0 Å². The highest BCUT2D eigenvalue weighted by atomic mass is 31.2. The van der Waals surface area contributed by atoms with E-state index >= 15 is 0 Å². The van der Waals surface area contributed by atoms with Gasteiger partial charge in [0, 0.05) is 0 Å². The highest BCUT2D eigenvalue weighted by Gasteiger charge is 2.26. The van der Waals surface area contributed by atoms with Gasteiger partial charge in [-0.1, -0.05) is 192 Å². The van der Waals surface area contributed by atoms with E-state index < -0.39 is 7.82 Å². The minimum absolute atomic E-state index is 0.457. The third kappa shape index (κ3) is 43.9. The van der Waals surface area contributed by atoms with Crippen LogP contribution in [0.4, 0.5) is 0 Å². The molecule has 0 N–H and O–H groups in total. The Kier molecular flexibility index (Phi) is 45.1. The van der Waals surface area contributed by atoms with E-state index in [0.29, 0.717) is 19.8 Å². The molecule has 0 saturated heterocycles. The zero-order valence-corrected chi connectivity index (χ0v) is 37.0. The average molecular weight is 765 g/mol. The lowest BCUT2D eigenvalue weighted by Gasteiger charge is -2.18. The molecule has 0 heterocycles. The van der Waals surface area contributed by atoms with Crippen LogP contribution in [-0.4, -0.2) is 19.8 Å². The number of unbranched alkanes of at least 4 members (excludes halogenated alkanes) is 30. The number of phosphoric acid groups is 1. The lowest BCUT2D eigenvalue weighted by molar-refractivity contribution is 0.108. The van der Waals surface area contributed by atoms with Crippen LogP contribution in [0.25, 0.3) is 0 Å². The van der Waals surface area contributed by atoms with E-state index in [4.69, 9.17) is 13.6 Å². The summed E-state index contributed by atoms with van der Waals surface area (Å²) in [5.41, 5.74) is 0. The largest absolute Gasteiger partial charge is 0.474 e. The molecule has 0 aliphatic rings. The molecule has 0 bridgehead atoms. The van der Waals surface area contributed by atoms with Crippen molar-refractivity contribution in [2.45, 2.75) is 252 Å². The zero-order valence-electron chi connectivity index (χ0n) is 36.1. The molecule has 0 aromatic carbocycles. The van der Waals surface area contributed by atoms with Gasteiger partial charge >= 0.3 is 7.82 Å². The van der Waals surface area contributed by atoms with Crippen LogP contribution in [0.5, 0.6) is 0 Å². The van der Waals surface area contributed by atoms with Gasteiger partial charge in [0.1, 0.15) is 0 Å². The predicted molar refractivity (Wildman–Crippen MR) is 236 cm³/mol. The van der Waals surface area contributed by atoms with E-state index in [9.17, 15) is 4.57 Å². The number of hydrogen-bond acceptors (Lipinski definition) is 4. The monoisotopic (exact) mass is 765 g/mol. The topological polar surface area (TPSA) is 44.8 Å². The fraction of sp³-hybridized carbons (Fsp3) is 0.875. The molecule has 0 fully saturated rings. The normalized spacial score (nSPS) is 12.4. The van der Waals surface area contributed by atoms with Crippen LogP contribution >= 0.6 is 7.82 Å². The number of allylic oxidation sites excluding steroid dienone is 6. The van der Waals surface area contributed by atoms with Crippen molar-refractivity contribution in [2.24, 2.45) is 0 Å². The van der Waals surface area contributed by atoms with Crippen molar-refractivity contribution in [3.8, 4) is 0 Å². The molecular formula is C48H93O4P. The molecule has 0 radical (unpaired) electrons. The van der Waals surface area contributed by atoms with E-state index in [1.807, 2.05) is 0 Å². The van der Waals surface area contributed by atoms with Gasteiger partial charge in [-0.25, -0.2) is 4.57 Å². The van der Waals surface area contributed by atoms with Crippen LogP contribution < -0.4 is 0 Å². The Morgan fingerprint density at radius 3 is 0.698 bits per heavy atom. The van der Waals surface area contributed by atoms with E-state index in [0.717, 1.165) is 38.5 Å². The first-order valence-electron chi connectivity index (χ1n) is 23.7. The molecule has 0 aromatic rings. The second kappa shape index (κ2) is 45.7. The van der Waals surface area contributed by atoms with Gasteiger partial charge < -0.3 is 0 Å². The Hall–Kier alpha value is -0.670. The summed E-state index contributed by atoms with van der Waals surface area (Å²) in [5.74, 6) is 0. The van der Waals surface area contributed by atoms with E-state index in [1.54, 1.807) is 0 Å². The fourth-order valence-electron chi connectivity index (χ4n) is 6.63. The highest BCUT2D eigenvalue weighted by Crippen LogP contribution is 2.50. The summed E-state index contributed by atoms with van der Waals surface area (Å²) >= 11 is 0. The first kappa shape index (κ1) is 52.3. The van der Waals surface area contributed by atoms with Crippen LogP contribution in [0.15, 0.2) is 36.5 Å². The summed E-state index contributed by atoms with van der Waals surface area (Å²) in [6, 6.07) is 0. The Morgan fingerprint density at radius 1 is 0.283 bits per heavy atom. The van der Waals surface area contributed by atoms with Crippen molar-refractivity contribution in [3.63, 3.8) is 0 Å². The van der Waals surface area contributed by atoms with Gasteiger partial charge in [0.15, 0.2) is 0 Å². The molecule has 0 aliphatic heterocycles. The van der Waals surface area contributed by atoms with Gasteiger partial charge in [0.25, 0.3) is 0 Å². The molecule has 0 atom stereocenters. The van der Waals surface area contributed by atoms with Gasteiger partial charge in [-0.15, -0.1) is 0 Å². The number of rotatable bonds is 45. The Labute approximate surface area is 333 Å². The van der Waals surface area contributed by atoms with E-state index in [2.05, 4.69) is 57.2 Å². The van der Waals surface area contributed by atoms with E-state index in [1.165, 1.54) is 193 Å². The molecule has 0 spiro atoms. The summed E-state index contributed by atoms with van der Waals surface area (Å²) in [6.45, 7) is 8.18. The second-order valence-corrected chi connectivity index (χ2v) is 17.3. The van der Waals surface area contributed by atoms with Crippen molar-refractivity contribution < 1.29 is 18.1 Å². The molecule has 0 aromatic heterocycles. The Morgan fingerprint density at radius 2 is 0.472 bits per heavy atom. The van der Waals surface area contributed by atoms with Gasteiger partial charge in [-0.3, -0.25) is 13.6 Å². The van der Waals surface area contributed by atoms with Gasteiger partial charge in [-0.05, 0) is 96.3 Å². The maximum atomic E-state index is 13.5. The molecule has 0 rings (SSSR count). The molecule has 0 saturated carbocycles. The zero-order chi connectivity index (χ0) is 38.4. The van der Waals surface area contributed by atoms with Crippen LogP contribution in [0.3, 0.4) is 0 Å². The molecule has 53 heavy (non-hydrogen) atoms. The molecule has 314 valence electrons. The lowest BCUT2D eigenvalue weighted by atomic mass is 10.1. The van der Waals surface area contributed by atoms with Crippen LogP contribution in [-0.2, 0) is 18.1 Å². The first-order chi connectivity index (χ1) is 26.2. The highest BCUT2D eigenvalue weighted by molar-refractivity contribution is 7.48. The van der Waals surface area contributed by atoms with Gasteiger partial charge in [0.2, 0.25) is 0 Å². The number of phosphoric ester groups is 1. The Balaban J connectivity index is 4.18. The molecule has 0 unspecified atom stereocenters. The average Bonchev–Trinajstić information content (AvgIpc) is 3.16. The van der Waals surface area contributed by atoms with Crippen molar-refractivity contribution >= 4 is 7.82 Å². The minimum Gasteiger partial charge on any atom is -0.287 e. The molecule has 4 nitrogen and oxygen atoms in total. The van der Waals surface area contributed by atoms with Crippen molar-refractivity contribution in [1.29, 1.82) is 0 Å². The summed E-state index contributed by atoms with van der Waals surface area (Å²) in [6.07, 6.45) is 59.0. The number of hydrogen-bond donors (Lipinski definition) is 0. The predicted octanol–water partition coefficient (Wildman–Crippen LogP) is 17.9.